The van der Waals surface area contributed by atoms with Crippen LogP contribution in [0.2, 0.25) is 5.15 Å². The van der Waals surface area contributed by atoms with E-state index in [1.807, 2.05) is 13.8 Å². The lowest BCUT2D eigenvalue weighted by Gasteiger charge is -2.05. The van der Waals surface area contributed by atoms with Crippen molar-refractivity contribution in [2.45, 2.75) is 20.3 Å². The number of rotatable bonds is 2. The van der Waals surface area contributed by atoms with Gasteiger partial charge in [0.1, 0.15) is 11.4 Å². The monoisotopic (exact) mass is 183 g/mol. The van der Waals surface area contributed by atoms with E-state index in [-0.39, 0.29) is 0 Å². The average molecular weight is 184 g/mol. The summed E-state index contributed by atoms with van der Waals surface area (Å²) in [6.45, 7) is 3.85. The third-order valence-corrected chi connectivity index (χ3v) is 2.37. The highest BCUT2D eigenvalue weighted by Gasteiger charge is 2.04. The van der Waals surface area contributed by atoms with Gasteiger partial charge in [0.2, 0.25) is 0 Å². The van der Waals surface area contributed by atoms with Gasteiger partial charge in [-0.1, -0.05) is 11.6 Å². The van der Waals surface area contributed by atoms with Crippen molar-refractivity contribution in [3.05, 3.63) is 28.0 Å². The van der Waals surface area contributed by atoms with E-state index in [2.05, 4.69) is 4.98 Å². The molecule has 1 heterocycles. The molecule has 0 aromatic carbocycles. The maximum atomic E-state index is 10.3. The normalized spacial score (nSPS) is 9.92. The van der Waals surface area contributed by atoms with Gasteiger partial charge in [-0.3, -0.25) is 0 Å². The molecule has 0 aliphatic heterocycles. The standard InChI is InChI=1S/C9H10ClNO/c1-6-7(2)9(10)11-5-8(6)3-4-12/h4-5H,3H2,1-2H3. The molecule has 0 fully saturated rings. The summed E-state index contributed by atoms with van der Waals surface area (Å²) < 4.78 is 0. The Hall–Kier alpha value is -0.890. The van der Waals surface area contributed by atoms with Crippen LogP contribution in [0.1, 0.15) is 16.7 Å². The Morgan fingerprint density at radius 2 is 2.17 bits per heavy atom. The van der Waals surface area contributed by atoms with Crippen LogP contribution in [-0.4, -0.2) is 11.3 Å². The van der Waals surface area contributed by atoms with E-state index in [4.69, 9.17) is 11.6 Å². The lowest BCUT2D eigenvalue weighted by atomic mass is 10.1. The van der Waals surface area contributed by atoms with Crippen LogP contribution >= 0.6 is 11.6 Å². The number of carbonyl (C=O) groups is 1. The second-order valence-corrected chi connectivity index (χ2v) is 3.05. The molecule has 3 heteroatoms. The molecular formula is C9H10ClNO. The predicted octanol–water partition coefficient (Wildman–Crippen LogP) is 2.09. The molecule has 0 saturated heterocycles. The quantitative estimate of drug-likeness (QED) is 0.519. The third-order valence-electron chi connectivity index (χ3n) is 1.99. The van der Waals surface area contributed by atoms with Gasteiger partial charge < -0.3 is 4.79 Å². The first-order valence-electron chi connectivity index (χ1n) is 3.71. The minimum Gasteiger partial charge on any atom is -0.303 e. The fourth-order valence-electron chi connectivity index (χ4n) is 1.02. The van der Waals surface area contributed by atoms with E-state index in [1.54, 1.807) is 6.20 Å². The molecule has 1 aromatic rings. The summed E-state index contributed by atoms with van der Waals surface area (Å²) in [6.07, 6.45) is 2.94. The molecule has 0 N–H and O–H groups in total. The molecule has 2 nitrogen and oxygen atoms in total. The molecule has 12 heavy (non-hydrogen) atoms. The summed E-state index contributed by atoms with van der Waals surface area (Å²) in [5.41, 5.74) is 2.96. The second kappa shape index (κ2) is 3.68. The highest BCUT2D eigenvalue weighted by Crippen LogP contribution is 2.18. The third kappa shape index (κ3) is 1.64. The highest BCUT2D eigenvalue weighted by molar-refractivity contribution is 6.30. The van der Waals surface area contributed by atoms with Crippen LogP contribution in [-0.2, 0) is 11.2 Å². The first-order valence-corrected chi connectivity index (χ1v) is 4.08. The van der Waals surface area contributed by atoms with E-state index in [0.717, 1.165) is 23.0 Å². The number of aromatic nitrogens is 1. The first-order chi connectivity index (χ1) is 5.66. The Bertz CT molecular complexity index is 310. The topological polar surface area (TPSA) is 30.0 Å². The number of carbonyl (C=O) groups excluding carboxylic acids is 1. The molecule has 0 spiro atoms. The van der Waals surface area contributed by atoms with Gasteiger partial charge in [0, 0.05) is 12.6 Å². The van der Waals surface area contributed by atoms with Crippen molar-refractivity contribution in [2.75, 3.05) is 0 Å². The summed E-state index contributed by atoms with van der Waals surface area (Å²) in [4.78, 5) is 14.2. The molecule has 1 rings (SSSR count). The molecule has 1 aromatic heterocycles. The van der Waals surface area contributed by atoms with Crippen molar-refractivity contribution in [2.24, 2.45) is 0 Å². The largest absolute Gasteiger partial charge is 0.303 e. The SMILES string of the molecule is Cc1c(CC=O)cnc(Cl)c1C. The molecule has 0 saturated carbocycles. The number of hydrogen-bond donors (Lipinski definition) is 0. The zero-order valence-corrected chi connectivity index (χ0v) is 7.85. The Labute approximate surface area is 76.6 Å². The van der Waals surface area contributed by atoms with Gasteiger partial charge in [-0.2, -0.15) is 0 Å². The van der Waals surface area contributed by atoms with E-state index in [1.165, 1.54) is 0 Å². The van der Waals surface area contributed by atoms with Gasteiger partial charge in [0.25, 0.3) is 0 Å². The fourth-order valence-corrected chi connectivity index (χ4v) is 1.21. The minimum absolute atomic E-state index is 0.414. The van der Waals surface area contributed by atoms with Crippen molar-refractivity contribution in [1.29, 1.82) is 0 Å². The molecular weight excluding hydrogens is 174 g/mol. The number of hydrogen-bond acceptors (Lipinski definition) is 2. The van der Waals surface area contributed by atoms with E-state index in [9.17, 15) is 4.79 Å². The Morgan fingerprint density at radius 1 is 1.50 bits per heavy atom. The van der Waals surface area contributed by atoms with Crippen LogP contribution in [0.4, 0.5) is 0 Å². The maximum absolute atomic E-state index is 10.3. The summed E-state index contributed by atoms with van der Waals surface area (Å²) >= 11 is 5.79. The Morgan fingerprint density at radius 3 is 2.75 bits per heavy atom. The van der Waals surface area contributed by atoms with Crippen molar-refractivity contribution in [1.82, 2.24) is 4.98 Å². The number of nitrogens with zero attached hydrogens (tertiary/aromatic N) is 1. The smallest absolute Gasteiger partial charge is 0.132 e. The molecule has 0 radical (unpaired) electrons. The van der Waals surface area contributed by atoms with Crippen molar-refractivity contribution in [3.63, 3.8) is 0 Å². The average Bonchev–Trinajstić information content (AvgIpc) is 2.07. The van der Waals surface area contributed by atoms with E-state index >= 15 is 0 Å². The molecule has 0 amide bonds. The maximum Gasteiger partial charge on any atom is 0.132 e. The number of pyridine rings is 1. The summed E-state index contributed by atoms with van der Waals surface area (Å²) in [7, 11) is 0. The van der Waals surface area contributed by atoms with Gasteiger partial charge in [-0.15, -0.1) is 0 Å². The Balaban J connectivity index is 3.16. The molecule has 0 atom stereocenters. The van der Waals surface area contributed by atoms with Gasteiger partial charge in [-0.05, 0) is 30.5 Å². The van der Waals surface area contributed by atoms with E-state index < -0.39 is 0 Å². The van der Waals surface area contributed by atoms with Gasteiger partial charge in [0.05, 0.1) is 0 Å². The highest BCUT2D eigenvalue weighted by atomic mass is 35.5. The first kappa shape index (κ1) is 9.20. The predicted molar refractivity (Wildman–Crippen MR) is 48.5 cm³/mol. The van der Waals surface area contributed by atoms with Gasteiger partial charge >= 0.3 is 0 Å². The number of halogens is 1. The summed E-state index contributed by atoms with van der Waals surface area (Å²) in [5, 5.41) is 0.516. The van der Waals surface area contributed by atoms with Crippen LogP contribution < -0.4 is 0 Å². The van der Waals surface area contributed by atoms with Crippen LogP contribution in [0, 0.1) is 13.8 Å². The zero-order valence-electron chi connectivity index (χ0n) is 7.10. The van der Waals surface area contributed by atoms with Crippen molar-refractivity contribution < 1.29 is 4.79 Å². The summed E-state index contributed by atoms with van der Waals surface area (Å²) in [5.74, 6) is 0. The van der Waals surface area contributed by atoms with Crippen LogP contribution in [0.5, 0.6) is 0 Å². The van der Waals surface area contributed by atoms with Crippen molar-refractivity contribution in [3.8, 4) is 0 Å². The lowest BCUT2D eigenvalue weighted by molar-refractivity contribution is -0.107. The minimum atomic E-state index is 0.414. The Kier molecular flexibility index (Phi) is 2.82. The molecule has 64 valence electrons. The molecule has 0 aliphatic carbocycles. The van der Waals surface area contributed by atoms with Crippen LogP contribution in [0.15, 0.2) is 6.20 Å². The zero-order chi connectivity index (χ0) is 9.14. The lowest BCUT2D eigenvalue weighted by Crippen LogP contribution is -1.96. The van der Waals surface area contributed by atoms with E-state index in [0.29, 0.717) is 11.6 Å². The van der Waals surface area contributed by atoms with Crippen LogP contribution in [0.25, 0.3) is 0 Å². The van der Waals surface area contributed by atoms with Gasteiger partial charge in [-0.25, -0.2) is 4.98 Å². The molecule has 0 unspecified atom stereocenters. The second-order valence-electron chi connectivity index (χ2n) is 2.70. The number of aldehydes is 1. The van der Waals surface area contributed by atoms with Crippen molar-refractivity contribution >= 4 is 17.9 Å². The summed E-state index contributed by atoms with van der Waals surface area (Å²) in [6, 6.07) is 0. The molecule has 0 bridgehead atoms. The van der Waals surface area contributed by atoms with Gasteiger partial charge in [0.15, 0.2) is 0 Å². The van der Waals surface area contributed by atoms with Crippen LogP contribution in [0.3, 0.4) is 0 Å². The fraction of sp³-hybridized carbons (Fsp3) is 0.333. The molecule has 0 aliphatic rings.